The lowest BCUT2D eigenvalue weighted by molar-refractivity contribution is -0.410. The monoisotopic (exact) mass is 504 g/mol. The molecule has 3 rings (SSSR count). The minimum Gasteiger partial charge on any atom is -0.493 e. The SMILES string of the molecule is COC(=O)c1cc(OC)c(OC)cc1NC(=O)CSc1[nH+]c(N)c(C#N)c(-c2ccccc2)c1C#N. The largest absolute Gasteiger partial charge is 0.493 e. The average molecular weight is 505 g/mol. The Bertz CT molecular complexity index is 1400. The summed E-state index contributed by atoms with van der Waals surface area (Å²) in [5, 5.41) is 22.5. The van der Waals surface area contributed by atoms with Crippen LogP contribution in [0.2, 0.25) is 0 Å². The van der Waals surface area contributed by atoms with Crippen LogP contribution in [-0.4, -0.2) is 39.0 Å². The summed E-state index contributed by atoms with van der Waals surface area (Å²) in [5.41, 5.74) is 7.67. The molecule has 0 aliphatic heterocycles. The summed E-state index contributed by atoms with van der Waals surface area (Å²) in [6.07, 6.45) is 0. The van der Waals surface area contributed by atoms with Gasteiger partial charge in [0.15, 0.2) is 16.5 Å². The number of nitrogens with two attached hydrogens (primary N) is 1. The molecule has 1 heterocycles. The smallest absolute Gasteiger partial charge is 0.340 e. The van der Waals surface area contributed by atoms with Crippen LogP contribution in [0.5, 0.6) is 11.5 Å². The number of H-pyrrole nitrogens is 1. The van der Waals surface area contributed by atoms with Crippen molar-refractivity contribution in [3.8, 4) is 34.8 Å². The number of carbonyl (C=O) groups is 2. The number of nitrogen functional groups attached to an aromatic ring is 1. The number of ether oxygens (including phenoxy) is 3. The second-order valence-corrected chi connectivity index (χ2v) is 8.15. The lowest BCUT2D eigenvalue weighted by Crippen LogP contribution is -2.21. The predicted molar refractivity (Wildman–Crippen MR) is 133 cm³/mol. The van der Waals surface area contributed by atoms with Gasteiger partial charge in [0.25, 0.3) is 5.82 Å². The minimum absolute atomic E-state index is 0.0751. The topological polar surface area (TPSA) is 162 Å². The van der Waals surface area contributed by atoms with Gasteiger partial charge in [0.1, 0.15) is 23.3 Å². The van der Waals surface area contributed by atoms with Crippen molar-refractivity contribution >= 4 is 35.1 Å². The first-order valence-corrected chi connectivity index (χ1v) is 11.4. The molecule has 3 aromatic rings. The zero-order valence-corrected chi connectivity index (χ0v) is 20.5. The molecule has 0 spiro atoms. The third-order valence-corrected chi connectivity index (χ3v) is 6.08. The molecule has 36 heavy (non-hydrogen) atoms. The quantitative estimate of drug-likeness (QED) is 0.347. The number of nitrogens with one attached hydrogen (secondary N) is 2. The van der Waals surface area contributed by atoms with Crippen molar-refractivity contribution in [1.29, 1.82) is 10.5 Å². The highest BCUT2D eigenvalue weighted by Crippen LogP contribution is 2.35. The van der Waals surface area contributed by atoms with Crippen molar-refractivity contribution in [2.45, 2.75) is 5.03 Å². The molecule has 11 heteroatoms. The highest BCUT2D eigenvalue weighted by atomic mass is 32.2. The van der Waals surface area contributed by atoms with Crippen LogP contribution in [0, 0.1) is 22.7 Å². The fourth-order valence-electron chi connectivity index (χ4n) is 3.43. The van der Waals surface area contributed by atoms with Gasteiger partial charge in [-0.2, -0.15) is 10.5 Å². The first kappa shape index (κ1) is 25.9. The van der Waals surface area contributed by atoms with Gasteiger partial charge >= 0.3 is 5.97 Å². The van der Waals surface area contributed by atoms with E-state index >= 15 is 0 Å². The van der Waals surface area contributed by atoms with Crippen molar-refractivity contribution in [3.63, 3.8) is 0 Å². The van der Waals surface area contributed by atoms with E-state index in [0.29, 0.717) is 27.7 Å². The molecule has 182 valence electrons. The van der Waals surface area contributed by atoms with E-state index in [1.54, 1.807) is 24.3 Å². The summed E-state index contributed by atoms with van der Waals surface area (Å²) in [5.74, 6) is -0.614. The number of nitriles is 2. The highest BCUT2D eigenvalue weighted by molar-refractivity contribution is 7.99. The van der Waals surface area contributed by atoms with E-state index in [9.17, 15) is 20.1 Å². The maximum Gasteiger partial charge on any atom is 0.340 e. The molecule has 10 nitrogen and oxygen atoms in total. The summed E-state index contributed by atoms with van der Waals surface area (Å²) in [6.45, 7) is 0. The number of benzene rings is 2. The van der Waals surface area contributed by atoms with E-state index in [4.69, 9.17) is 19.9 Å². The molecule has 0 aliphatic rings. The summed E-state index contributed by atoms with van der Waals surface area (Å²) >= 11 is 1.03. The van der Waals surface area contributed by atoms with Crippen molar-refractivity contribution in [2.75, 3.05) is 38.1 Å². The standard InChI is InChI=1S/C25H21N5O5S/c1-33-19-9-15(25(32)35-3)18(10-20(19)34-2)29-21(31)13-36-24-17(12-27)22(14-7-5-4-6-8-14)16(11-26)23(28)30-24/h4-10H,13H2,1-3H3,(H2,28,30)(H,29,31)/p+1. The number of pyridine rings is 1. The molecule has 0 saturated carbocycles. The molecule has 0 unspecified atom stereocenters. The average Bonchev–Trinajstić information content (AvgIpc) is 2.91. The van der Waals surface area contributed by atoms with E-state index in [0.717, 1.165) is 11.8 Å². The predicted octanol–water partition coefficient (Wildman–Crippen LogP) is 3.03. The summed E-state index contributed by atoms with van der Waals surface area (Å²) < 4.78 is 15.3. The molecule has 0 aliphatic carbocycles. The Kier molecular flexibility index (Phi) is 8.34. The first-order chi connectivity index (χ1) is 17.4. The number of hydrogen-bond acceptors (Lipinski definition) is 9. The lowest BCUT2D eigenvalue weighted by Gasteiger charge is -2.14. The van der Waals surface area contributed by atoms with Crippen LogP contribution in [0.1, 0.15) is 21.5 Å². The van der Waals surface area contributed by atoms with Crippen LogP contribution >= 0.6 is 11.8 Å². The van der Waals surface area contributed by atoms with Crippen LogP contribution in [0.15, 0.2) is 47.5 Å². The van der Waals surface area contributed by atoms with Crippen molar-refractivity contribution in [3.05, 3.63) is 59.2 Å². The lowest BCUT2D eigenvalue weighted by atomic mass is 9.97. The van der Waals surface area contributed by atoms with E-state index in [1.807, 2.05) is 12.1 Å². The van der Waals surface area contributed by atoms with Gasteiger partial charge < -0.3 is 19.5 Å². The first-order valence-electron chi connectivity index (χ1n) is 10.4. The molecule has 2 aromatic carbocycles. The highest BCUT2D eigenvalue weighted by Gasteiger charge is 2.25. The summed E-state index contributed by atoms with van der Waals surface area (Å²) in [7, 11) is 4.07. The van der Waals surface area contributed by atoms with Crippen molar-refractivity contribution < 1.29 is 28.8 Å². The van der Waals surface area contributed by atoms with Gasteiger partial charge in [-0.3, -0.25) is 10.5 Å². The number of thioether (sulfide) groups is 1. The normalized spacial score (nSPS) is 10.0. The number of esters is 1. The zero-order valence-electron chi connectivity index (χ0n) is 19.7. The maximum atomic E-state index is 12.8. The third kappa shape index (κ3) is 5.32. The molecular weight excluding hydrogens is 482 g/mol. The van der Waals surface area contributed by atoms with Gasteiger partial charge in [-0.1, -0.05) is 42.1 Å². The third-order valence-electron chi connectivity index (χ3n) is 5.08. The second-order valence-electron chi connectivity index (χ2n) is 7.16. The maximum absolute atomic E-state index is 12.8. The molecule has 0 radical (unpaired) electrons. The molecule has 0 fully saturated rings. The van der Waals surface area contributed by atoms with Gasteiger partial charge in [-0.15, -0.1) is 0 Å². The van der Waals surface area contributed by atoms with Crippen LogP contribution in [-0.2, 0) is 9.53 Å². The number of aromatic amines is 1. The molecule has 1 aromatic heterocycles. The Labute approximate surface area is 211 Å². The molecule has 0 atom stereocenters. The fourth-order valence-corrected chi connectivity index (χ4v) is 4.25. The molecular formula is C25H22N5O5S+. The van der Waals surface area contributed by atoms with Crippen LogP contribution in [0.25, 0.3) is 11.1 Å². The van der Waals surface area contributed by atoms with E-state index < -0.39 is 11.9 Å². The number of methoxy groups -OCH3 is 3. The number of carbonyl (C=O) groups excluding carboxylic acids is 2. The number of rotatable bonds is 8. The number of nitrogens with zero attached hydrogens (tertiary/aromatic N) is 2. The van der Waals surface area contributed by atoms with Crippen LogP contribution in [0.4, 0.5) is 11.5 Å². The molecule has 4 N–H and O–H groups in total. The Morgan fingerprint density at radius 3 is 2.25 bits per heavy atom. The van der Waals surface area contributed by atoms with E-state index in [1.165, 1.54) is 33.5 Å². The Morgan fingerprint density at radius 2 is 1.67 bits per heavy atom. The Balaban J connectivity index is 1.93. The minimum atomic E-state index is -0.675. The fraction of sp³-hybridized carbons (Fsp3) is 0.160. The zero-order chi connectivity index (χ0) is 26.2. The van der Waals surface area contributed by atoms with E-state index in [-0.39, 0.29) is 33.9 Å². The van der Waals surface area contributed by atoms with E-state index in [2.05, 4.69) is 16.4 Å². The Hall–Kier alpha value is -4.74. The van der Waals surface area contributed by atoms with Gasteiger partial charge in [0.05, 0.1) is 38.3 Å². The molecule has 0 saturated heterocycles. The molecule has 0 bridgehead atoms. The van der Waals surface area contributed by atoms with Gasteiger partial charge in [0, 0.05) is 17.7 Å². The van der Waals surface area contributed by atoms with Crippen molar-refractivity contribution in [1.82, 2.24) is 0 Å². The Morgan fingerprint density at radius 1 is 1.03 bits per heavy atom. The number of amides is 1. The number of aromatic nitrogens is 1. The van der Waals surface area contributed by atoms with Crippen LogP contribution < -0.4 is 25.5 Å². The number of anilines is 2. The van der Waals surface area contributed by atoms with Crippen LogP contribution in [0.3, 0.4) is 0 Å². The molecule has 1 amide bonds. The summed E-state index contributed by atoms with van der Waals surface area (Å²) in [6, 6.07) is 15.9. The van der Waals surface area contributed by atoms with Crippen molar-refractivity contribution in [2.24, 2.45) is 0 Å². The number of hydrogen-bond donors (Lipinski definition) is 2. The summed E-state index contributed by atoms with van der Waals surface area (Å²) in [4.78, 5) is 27.9. The van der Waals surface area contributed by atoms with Gasteiger partial charge in [-0.25, -0.2) is 9.78 Å². The second kappa shape index (κ2) is 11.6. The van der Waals surface area contributed by atoms with Gasteiger partial charge in [0.2, 0.25) is 5.91 Å². The van der Waals surface area contributed by atoms with Gasteiger partial charge in [-0.05, 0) is 5.56 Å².